The smallest absolute Gasteiger partial charge is 0.407 e. The summed E-state index contributed by atoms with van der Waals surface area (Å²) in [5.74, 6) is 0.408. The normalized spacial score (nSPS) is 10.8. The molecule has 2 amide bonds. The average molecular weight is 248 g/mol. The lowest BCUT2D eigenvalue weighted by Crippen LogP contribution is -2.38. The Balaban J connectivity index is 3.52. The van der Waals surface area contributed by atoms with Crippen LogP contribution in [0.4, 0.5) is 4.79 Å². The summed E-state index contributed by atoms with van der Waals surface area (Å²) in [7, 11) is 0. The third-order valence-electron chi connectivity index (χ3n) is 1.39. The molecule has 0 aliphatic heterocycles. The van der Waals surface area contributed by atoms with E-state index in [1.54, 1.807) is 20.8 Å². The number of hydrogen-bond donors (Lipinski definition) is 2. The second-order valence-electron chi connectivity index (χ2n) is 4.21. The molecule has 0 unspecified atom stereocenters. The molecule has 94 valence electrons. The minimum Gasteiger partial charge on any atom is -0.444 e. The van der Waals surface area contributed by atoms with Crippen LogP contribution in [0.1, 0.15) is 20.8 Å². The molecule has 0 spiro atoms. The first-order chi connectivity index (χ1) is 7.35. The van der Waals surface area contributed by atoms with Crippen molar-refractivity contribution in [1.29, 1.82) is 0 Å². The Labute approximate surface area is 101 Å². The molecule has 2 N–H and O–H groups in total. The van der Waals surface area contributed by atoms with E-state index in [4.69, 9.17) is 4.74 Å². The van der Waals surface area contributed by atoms with Crippen molar-refractivity contribution in [3.8, 4) is 0 Å². The Bertz CT molecular complexity index is 239. The molecular weight excluding hydrogens is 228 g/mol. The highest BCUT2D eigenvalue weighted by Crippen LogP contribution is 2.05. The quantitative estimate of drug-likeness (QED) is 0.712. The predicted molar refractivity (Wildman–Crippen MR) is 65.6 cm³/mol. The number of thioether (sulfide) groups is 1. The van der Waals surface area contributed by atoms with Gasteiger partial charge in [-0.15, -0.1) is 0 Å². The fraction of sp³-hybridized carbons (Fsp3) is 0.800. The summed E-state index contributed by atoms with van der Waals surface area (Å²) in [4.78, 5) is 22.2. The van der Waals surface area contributed by atoms with Gasteiger partial charge in [-0.3, -0.25) is 4.79 Å². The van der Waals surface area contributed by atoms with Crippen LogP contribution in [0.25, 0.3) is 0 Å². The molecule has 0 aromatic carbocycles. The van der Waals surface area contributed by atoms with Gasteiger partial charge in [0.05, 0.1) is 5.75 Å². The molecule has 0 heterocycles. The van der Waals surface area contributed by atoms with Crippen molar-refractivity contribution in [2.45, 2.75) is 26.4 Å². The average Bonchev–Trinajstić information content (AvgIpc) is 2.10. The first-order valence-corrected chi connectivity index (χ1v) is 6.47. The van der Waals surface area contributed by atoms with Crippen LogP contribution in [-0.2, 0) is 9.53 Å². The molecule has 0 aliphatic carbocycles. The largest absolute Gasteiger partial charge is 0.444 e. The van der Waals surface area contributed by atoms with Crippen LogP contribution in [-0.4, -0.2) is 42.7 Å². The van der Waals surface area contributed by atoms with Gasteiger partial charge < -0.3 is 15.4 Å². The second kappa shape index (κ2) is 7.38. The highest BCUT2D eigenvalue weighted by molar-refractivity contribution is 7.99. The van der Waals surface area contributed by atoms with Gasteiger partial charge in [-0.2, -0.15) is 11.8 Å². The van der Waals surface area contributed by atoms with Crippen molar-refractivity contribution in [3.05, 3.63) is 0 Å². The van der Waals surface area contributed by atoms with E-state index in [1.807, 2.05) is 6.26 Å². The Morgan fingerprint density at radius 3 is 2.25 bits per heavy atom. The summed E-state index contributed by atoms with van der Waals surface area (Å²) in [6.45, 7) is 6.18. The lowest BCUT2D eigenvalue weighted by molar-refractivity contribution is -0.118. The highest BCUT2D eigenvalue weighted by Gasteiger charge is 2.15. The van der Waals surface area contributed by atoms with Crippen LogP contribution >= 0.6 is 11.8 Å². The van der Waals surface area contributed by atoms with E-state index >= 15 is 0 Å². The summed E-state index contributed by atoms with van der Waals surface area (Å²) in [5.41, 5.74) is -0.494. The van der Waals surface area contributed by atoms with Crippen LogP contribution in [0.15, 0.2) is 0 Å². The fourth-order valence-corrected chi connectivity index (χ4v) is 1.23. The molecule has 0 aliphatic rings. The third-order valence-corrected chi connectivity index (χ3v) is 1.94. The van der Waals surface area contributed by atoms with E-state index in [2.05, 4.69) is 10.6 Å². The van der Waals surface area contributed by atoms with E-state index in [0.29, 0.717) is 18.8 Å². The van der Waals surface area contributed by atoms with Gasteiger partial charge in [-0.1, -0.05) is 0 Å². The summed E-state index contributed by atoms with van der Waals surface area (Å²) in [5, 5.41) is 5.23. The summed E-state index contributed by atoms with van der Waals surface area (Å²) in [6.07, 6.45) is 1.39. The molecule has 0 saturated carbocycles. The maximum absolute atomic E-state index is 11.2. The zero-order valence-corrected chi connectivity index (χ0v) is 11.1. The number of hydrogen-bond acceptors (Lipinski definition) is 4. The van der Waals surface area contributed by atoms with Crippen molar-refractivity contribution >= 4 is 23.8 Å². The Hall–Kier alpha value is -0.910. The van der Waals surface area contributed by atoms with Crippen molar-refractivity contribution in [2.24, 2.45) is 0 Å². The lowest BCUT2D eigenvalue weighted by atomic mass is 10.2. The number of nitrogens with one attached hydrogen (secondary N) is 2. The van der Waals surface area contributed by atoms with Gasteiger partial charge in [0.1, 0.15) is 5.60 Å². The van der Waals surface area contributed by atoms with Gasteiger partial charge in [0.2, 0.25) is 5.91 Å². The van der Waals surface area contributed by atoms with Crippen molar-refractivity contribution in [1.82, 2.24) is 10.6 Å². The van der Waals surface area contributed by atoms with Gasteiger partial charge in [0, 0.05) is 13.1 Å². The molecule has 5 nitrogen and oxygen atoms in total. The van der Waals surface area contributed by atoms with Crippen molar-refractivity contribution < 1.29 is 14.3 Å². The number of carbonyl (C=O) groups excluding carboxylic acids is 2. The van der Waals surface area contributed by atoms with Gasteiger partial charge in [0.25, 0.3) is 0 Å². The number of amides is 2. The van der Waals surface area contributed by atoms with Gasteiger partial charge in [0.15, 0.2) is 0 Å². The summed E-state index contributed by atoms with van der Waals surface area (Å²) < 4.78 is 5.03. The molecule has 6 heteroatoms. The Morgan fingerprint density at radius 1 is 1.19 bits per heavy atom. The van der Waals surface area contributed by atoms with E-state index in [-0.39, 0.29) is 5.91 Å². The van der Waals surface area contributed by atoms with E-state index in [9.17, 15) is 9.59 Å². The SMILES string of the molecule is CSCC(=O)NCCNC(=O)OC(C)(C)C. The molecule has 0 bridgehead atoms. The van der Waals surface area contributed by atoms with Crippen LogP contribution in [0.5, 0.6) is 0 Å². The standard InChI is InChI=1S/C10H20N2O3S/c1-10(2,3)15-9(14)12-6-5-11-8(13)7-16-4/h5-7H2,1-4H3,(H,11,13)(H,12,14). The summed E-state index contributed by atoms with van der Waals surface area (Å²) in [6, 6.07) is 0. The highest BCUT2D eigenvalue weighted by atomic mass is 32.2. The van der Waals surface area contributed by atoms with Crippen LogP contribution in [0.2, 0.25) is 0 Å². The molecule has 0 aromatic rings. The maximum Gasteiger partial charge on any atom is 0.407 e. The van der Waals surface area contributed by atoms with Gasteiger partial charge >= 0.3 is 6.09 Å². The zero-order chi connectivity index (χ0) is 12.6. The third kappa shape index (κ3) is 9.64. The number of carbonyl (C=O) groups is 2. The number of alkyl carbamates (subject to hydrolysis) is 1. The fourth-order valence-electron chi connectivity index (χ4n) is 0.863. The van der Waals surface area contributed by atoms with Crippen molar-refractivity contribution in [3.63, 3.8) is 0 Å². The van der Waals surface area contributed by atoms with Crippen molar-refractivity contribution in [2.75, 3.05) is 25.1 Å². The monoisotopic (exact) mass is 248 g/mol. The minimum atomic E-state index is -0.494. The molecule has 0 aromatic heterocycles. The zero-order valence-electron chi connectivity index (χ0n) is 10.3. The van der Waals surface area contributed by atoms with Gasteiger partial charge in [-0.25, -0.2) is 4.79 Å². The minimum absolute atomic E-state index is 0.0292. The molecule has 0 radical (unpaired) electrons. The molecule has 0 saturated heterocycles. The molecule has 0 rings (SSSR count). The van der Waals surface area contributed by atoms with E-state index in [1.165, 1.54) is 11.8 Å². The topological polar surface area (TPSA) is 67.4 Å². The van der Waals surface area contributed by atoms with Crippen LogP contribution < -0.4 is 10.6 Å². The van der Waals surface area contributed by atoms with Gasteiger partial charge in [-0.05, 0) is 27.0 Å². The number of rotatable bonds is 5. The maximum atomic E-state index is 11.2. The first-order valence-electron chi connectivity index (χ1n) is 5.07. The molecule has 16 heavy (non-hydrogen) atoms. The number of ether oxygens (including phenoxy) is 1. The van der Waals surface area contributed by atoms with E-state index in [0.717, 1.165) is 0 Å². The molecular formula is C10H20N2O3S. The first kappa shape index (κ1) is 15.1. The molecule has 0 atom stereocenters. The van der Waals surface area contributed by atoms with E-state index < -0.39 is 11.7 Å². The van der Waals surface area contributed by atoms with Crippen LogP contribution in [0, 0.1) is 0 Å². The predicted octanol–water partition coefficient (Wildman–Crippen LogP) is 0.990. The lowest BCUT2D eigenvalue weighted by Gasteiger charge is -2.19. The Morgan fingerprint density at radius 2 is 1.75 bits per heavy atom. The second-order valence-corrected chi connectivity index (χ2v) is 5.08. The molecule has 0 fully saturated rings. The summed E-state index contributed by atoms with van der Waals surface area (Å²) >= 11 is 1.46. The van der Waals surface area contributed by atoms with Crippen LogP contribution in [0.3, 0.4) is 0 Å². The Kier molecular flexibility index (Phi) is 6.96.